The number of nitrogens with zero attached hydrogens (tertiary/aromatic N) is 5. The van der Waals surface area contributed by atoms with E-state index in [9.17, 15) is 18.0 Å². The lowest BCUT2D eigenvalue weighted by Crippen LogP contribution is -2.39. The molecule has 9 nitrogen and oxygen atoms in total. The molecule has 1 fully saturated rings. The van der Waals surface area contributed by atoms with Crippen molar-refractivity contribution in [2.45, 2.75) is 38.5 Å². The lowest BCUT2D eigenvalue weighted by atomic mass is 9.80. The van der Waals surface area contributed by atoms with E-state index in [0.717, 1.165) is 18.9 Å². The number of nitrogens with one attached hydrogen (secondary N) is 2. The highest BCUT2D eigenvalue weighted by Crippen LogP contribution is 2.35. The molecule has 0 atom stereocenters. The summed E-state index contributed by atoms with van der Waals surface area (Å²) in [6.45, 7) is 2.35. The van der Waals surface area contributed by atoms with Crippen molar-refractivity contribution in [3.05, 3.63) is 17.5 Å². The van der Waals surface area contributed by atoms with E-state index < -0.39 is 11.9 Å². The van der Waals surface area contributed by atoms with E-state index in [1.807, 2.05) is 0 Å². The van der Waals surface area contributed by atoms with Crippen LogP contribution in [0.1, 0.15) is 24.2 Å². The number of carbonyl (C=O) groups excluding carboxylic acids is 1. The Hall–Kier alpha value is -3.05. The van der Waals surface area contributed by atoms with Gasteiger partial charge in [0.1, 0.15) is 11.5 Å². The normalized spacial score (nSPS) is 21.4. The van der Waals surface area contributed by atoms with E-state index in [1.165, 1.54) is 4.68 Å². The summed E-state index contributed by atoms with van der Waals surface area (Å²) in [5.41, 5.74) is 5.95. The van der Waals surface area contributed by atoms with Gasteiger partial charge in [0, 0.05) is 25.7 Å². The second kappa shape index (κ2) is 6.78. The van der Waals surface area contributed by atoms with Crippen molar-refractivity contribution < 1.29 is 18.0 Å². The summed E-state index contributed by atoms with van der Waals surface area (Å²) in [7, 11) is 1.79. The van der Waals surface area contributed by atoms with Crippen LogP contribution >= 0.6 is 0 Å². The fourth-order valence-electron chi connectivity index (χ4n) is 3.66. The predicted octanol–water partition coefficient (Wildman–Crippen LogP) is 1.86. The Kier molecular flexibility index (Phi) is 4.50. The highest BCUT2D eigenvalue weighted by atomic mass is 19.4. The molecule has 1 saturated carbocycles. The van der Waals surface area contributed by atoms with Crippen LogP contribution in [-0.4, -0.2) is 45.3 Å². The molecule has 2 aromatic heterocycles. The molecule has 1 amide bonds. The van der Waals surface area contributed by atoms with Crippen LogP contribution in [0.25, 0.3) is 0 Å². The molecular formula is C17H21F3N8O. The van der Waals surface area contributed by atoms with Gasteiger partial charge in [-0.1, -0.05) is 0 Å². The molecule has 1 aliphatic heterocycles. The van der Waals surface area contributed by atoms with Gasteiger partial charge in [0.25, 0.3) is 0 Å². The van der Waals surface area contributed by atoms with Crippen molar-refractivity contribution in [3.8, 4) is 0 Å². The Morgan fingerprint density at radius 1 is 1.34 bits per heavy atom. The van der Waals surface area contributed by atoms with E-state index in [1.54, 1.807) is 18.9 Å². The zero-order chi connectivity index (χ0) is 20.9. The summed E-state index contributed by atoms with van der Waals surface area (Å²) in [6.07, 6.45) is -3.02. The molecular weight excluding hydrogens is 389 g/mol. The minimum Gasteiger partial charge on any atom is -0.384 e. The van der Waals surface area contributed by atoms with Gasteiger partial charge in [0.2, 0.25) is 11.9 Å². The molecule has 2 aromatic rings. The molecule has 0 aromatic carbocycles. The zero-order valence-corrected chi connectivity index (χ0v) is 15.9. The maximum absolute atomic E-state index is 12.7. The number of nitrogens with two attached hydrogens (primary N) is 1. The van der Waals surface area contributed by atoms with Crippen LogP contribution in [0.5, 0.6) is 0 Å². The minimum absolute atomic E-state index is 0.00691. The summed E-state index contributed by atoms with van der Waals surface area (Å²) < 4.78 is 39.4. The van der Waals surface area contributed by atoms with Gasteiger partial charge < -0.3 is 21.3 Å². The van der Waals surface area contributed by atoms with Crippen molar-refractivity contribution in [3.63, 3.8) is 0 Å². The minimum atomic E-state index is -4.50. The summed E-state index contributed by atoms with van der Waals surface area (Å²) >= 11 is 0. The Morgan fingerprint density at radius 2 is 2.07 bits per heavy atom. The highest BCUT2D eigenvalue weighted by Gasteiger charge is 2.36. The van der Waals surface area contributed by atoms with E-state index in [4.69, 9.17) is 5.73 Å². The highest BCUT2D eigenvalue weighted by molar-refractivity contribution is 6.00. The number of nitrogen functional groups attached to an aromatic ring is 1. The number of halogens is 3. The molecule has 4 rings (SSSR count). The van der Waals surface area contributed by atoms with Gasteiger partial charge in [0.05, 0.1) is 12.2 Å². The Labute approximate surface area is 164 Å². The number of hydrogen-bond donors (Lipinski definition) is 3. The number of aromatic nitrogens is 4. The summed E-state index contributed by atoms with van der Waals surface area (Å²) in [5, 5.41) is 9.61. The fraction of sp³-hybridized carbons (Fsp3) is 0.529. The third-order valence-electron chi connectivity index (χ3n) is 5.18. The standard InChI is InChI=1S/C17H21F3N8O/c1-8-14-15(27(2)7-13(29)24-14)25-16(22-8)23-10-3-9(4-10)6-28-12(21)5-11(26-28)17(18,19)20/h5,9-10H,3-4,6-7,21H2,1-2H3,(H,24,29)(H,22,23,25). The first-order chi connectivity index (χ1) is 13.6. The van der Waals surface area contributed by atoms with E-state index >= 15 is 0 Å². The van der Waals surface area contributed by atoms with Crippen molar-refractivity contribution in [2.75, 3.05) is 34.9 Å². The lowest BCUT2D eigenvalue weighted by molar-refractivity contribution is -0.141. The van der Waals surface area contributed by atoms with Crippen LogP contribution in [0, 0.1) is 12.8 Å². The number of likely N-dealkylation sites (N-methyl/N-ethyl adjacent to an activating group) is 1. The Bertz CT molecular complexity index is 951. The first kappa shape index (κ1) is 19.3. The van der Waals surface area contributed by atoms with Gasteiger partial charge in [-0.3, -0.25) is 4.79 Å². The van der Waals surface area contributed by atoms with Crippen molar-refractivity contribution in [2.24, 2.45) is 5.92 Å². The smallest absolute Gasteiger partial charge is 0.384 e. The quantitative estimate of drug-likeness (QED) is 0.705. The van der Waals surface area contributed by atoms with E-state index in [2.05, 4.69) is 25.7 Å². The topological polar surface area (TPSA) is 114 Å². The number of alkyl halides is 3. The first-order valence-electron chi connectivity index (χ1n) is 9.17. The van der Waals surface area contributed by atoms with Crippen LogP contribution in [-0.2, 0) is 17.5 Å². The molecule has 1 aliphatic carbocycles. The number of rotatable bonds is 4. The summed E-state index contributed by atoms with van der Waals surface area (Å²) in [6, 6.07) is 0.966. The molecule has 29 heavy (non-hydrogen) atoms. The van der Waals surface area contributed by atoms with Crippen LogP contribution in [0.4, 0.5) is 36.4 Å². The number of aryl methyl sites for hydroxylation is 1. The Balaban J connectivity index is 1.37. The Morgan fingerprint density at radius 3 is 2.72 bits per heavy atom. The maximum atomic E-state index is 12.7. The van der Waals surface area contributed by atoms with Gasteiger partial charge in [-0.05, 0) is 25.7 Å². The molecule has 0 bridgehead atoms. The molecule has 3 heterocycles. The molecule has 0 spiro atoms. The monoisotopic (exact) mass is 410 g/mol. The third-order valence-corrected chi connectivity index (χ3v) is 5.18. The molecule has 0 unspecified atom stereocenters. The number of fused-ring (bicyclic) bond motifs is 1. The van der Waals surface area contributed by atoms with Crippen molar-refractivity contribution >= 4 is 29.2 Å². The van der Waals surface area contributed by atoms with Crippen LogP contribution in [0.3, 0.4) is 0 Å². The summed E-state index contributed by atoms with van der Waals surface area (Å²) in [4.78, 5) is 22.3. The number of anilines is 4. The van der Waals surface area contributed by atoms with E-state index in [-0.39, 0.29) is 30.2 Å². The number of hydrogen-bond acceptors (Lipinski definition) is 7. The average Bonchev–Trinajstić information content (AvgIpc) is 2.95. The third kappa shape index (κ3) is 3.78. The fourth-order valence-corrected chi connectivity index (χ4v) is 3.66. The van der Waals surface area contributed by atoms with Gasteiger partial charge in [0.15, 0.2) is 11.5 Å². The zero-order valence-electron chi connectivity index (χ0n) is 15.9. The number of carbonyl (C=O) groups is 1. The molecule has 12 heteroatoms. The van der Waals surface area contributed by atoms with Gasteiger partial charge >= 0.3 is 6.18 Å². The average molecular weight is 410 g/mol. The summed E-state index contributed by atoms with van der Waals surface area (Å²) in [5.74, 6) is 1.18. The van der Waals surface area contributed by atoms with Crippen molar-refractivity contribution in [1.29, 1.82) is 0 Å². The lowest BCUT2D eigenvalue weighted by Gasteiger charge is -2.36. The van der Waals surface area contributed by atoms with Crippen molar-refractivity contribution in [1.82, 2.24) is 19.7 Å². The number of amides is 1. The molecule has 156 valence electrons. The van der Waals surface area contributed by atoms with Gasteiger partial charge in [-0.25, -0.2) is 9.67 Å². The van der Waals surface area contributed by atoms with Crippen LogP contribution in [0.15, 0.2) is 6.07 Å². The van der Waals surface area contributed by atoms with E-state index in [0.29, 0.717) is 29.7 Å². The van der Waals surface area contributed by atoms with Crippen LogP contribution < -0.4 is 21.3 Å². The SMILES string of the molecule is Cc1nc(NC2CC(Cn3nc(C(F)(F)F)cc3N)C2)nc2c1NC(=O)CN2C. The predicted molar refractivity (Wildman–Crippen MR) is 100 cm³/mol. The van der Waals surface area contributed by atoms with Gasteiger partial charge in [-0.2, -0.15) is 23.3 Å². The first-order valence-corrected chi connectivity index (χ1v) is 9.17. The molecule has 0 radical (unpaired) electrons. The largest absolute Gasteiger partial charge is 0.435 e. The second-order valence-corrected chi connectivity index (χ2v) is 7.55. The van der Waals surface area contributed by atoms with Gasteiger partial charge in [-0.15, -0.1) is 0 Å². The molecule has 0 saturated heterocycles. The maximum Gasteiger partial charge on any atom is 0.435 e. The second-order valence-electron chi connectivity index (χ2n) is 7.55. The molecule has 2 aliphatic rings. The van der Waals surface area contributed by atoms with Crippen LogP contribution in [0.2, 0.25) is 0 Å². The molecule has 4 N–H and O–H groups in total.